The summed E-state index contributed by atoms with van der Waals surface area (Å²) in [5.41, 5.74) is 1.07. The van der Waals surface area contributed by atoms with Gasteiger partial charge in [0.1, 0.15) is 5.60 Å². The number of piperidine rings is 1. The van der Waals surface area contributed by atoms with Crippen LogP contribution in [0.3, 0.4) is 0 Å². The summed E-state index contributed by atoms with van der Waals surface area (Å²) in [6.45, 7) is 8.73. The molecule has 0 radical (unpaired) electrons. The third kappa shape index (κ3) is 6.81. The molecule has 0 aliphatic carbocycles. The van der Waals surface area contributed by atoms with Crippen molar-refractivity contribution in [1.29, 1.82) is 0 Å². The van der Waals surface area contributed by atoms with E-state index in [1.54, 1.807) is 6.07 Å². The van der Waals surface area contributed by atoms with Gasteiger partial charge in [-0.15, -0.1) is 0 Å². The van der Waals surface area contributed by atoms with Crippen LogP contribution in [-0.2, 0) is 16.0 Å². The van der Waals surface area contributed by atoms with Crippen molar-refractivity contribution in [1.82, 2.24) is 10.2 Å². The summed E-state index contributed by atoms with van der Waals surface area (Å²) in [5.74, 6) is 0.121. The summed E-state index contributed by atoms with van der Waals surface area (Å²) < 4.78 is 11.1. The molecule has 1 amide bonds. The van der Waals surface area contributed by atoms with Gasteiger partial charge in [-0.3, -0.25) is 4.90 Å². The van der Waals surface area contributed by atoms with Crippen LogP contribution in [0.1, 0.15) is 49.5 Å². The van der Waals surface area contributed by atoms with Crippen LogP contribution in [0, 0.1) is 5.92 Å². The smallest absolute Gasteiger partial charge is 0.407 e. The van der Waals surface area contributed by atoms with Gasteiger partial charge in [0.15, 0.2) is 0 Å². The Morgan fingerprint density at radius 1 is 1.26 bits per heavy atom. The van der Waals surface area contributed by atoms with E-state index in [4.69, 9.17) is 9.47 Å². The lowest BCUT2D eigenvalue weighted by molar-refractivity contribution is 0.0509. The average molecular weight is 441 g/mol. The Kier molecular flexibility index (Phi) is 7.68. The number of alkyl carbamates (subject to hydrolysis) is 1. The zero-order chi connectivity index (χ0) is 20.0. The van der Waals surface area contributed by atoms with Crippen molar-refractivity contribution in [3.8, 4) is 0 Å². The fraction of sp³-hybridized carbons (Fsp3) is 0.600. The lowest BCUT2D eigenvalue weighted by Crippen LogP contribution is -2.40. The molecule has 0 spiro atoms. The first-order valence-corrected chi connectivity index (χ1v) is 10.0. The number of benzene rings is 1. The topological polar surface area (TPSA) is 67.9 Å². The van der Waals surface area contributed by atoms with Crippen LogP contribution in [0.25, 0.3) is 0 Å². The average Bonchev–Trinajstić information content (AvgIpc) is 2.60. The van der Waals surface area contributed by atoms with Crippen LogP contribution in [-0.4, -0.2) is 49.3 Å². The zero-order valence-electron chi connectivity index (χ0n) is 16.5. The molecule has 0 aromatic heterocycles. The standard InChI is InChI=1S/C20H29BrN2O4/c1-20(2,3)27-19(25)22-12-14-8-10-23(11-9-14)13-16-15(18(24)26-4)6-5-7-17(16)21/h5-7,14H,8-13H2,1-4H3,(H,22,25). The van der Waals surface area contributed by atoms with E-state index in [0.29, 0.717) is 24.6 Å². The number of ether oxygens (including phenoxy) is 2. The molecule has 1 aromatic carbocycles. The minimum Gasteiger partial charge on any atom is -0.465 e. The summed E-state index contributed by atoms with van der Waals surface area (Å²) in [6.07, 6.45) is 1.63. The van der Waals surface area contributed by atoms with Crippen LogP contribution < -0.4 is 5.32 Å². The normalized spacial score (nSPS) is 16.0. The van der Waals surface area contributed by atoms with Crippen LogP contribution in [0.4, 0.5) is 4.79 Å². The molecule has 1 fully saturated rings. The molecule has 0 bridgehead atoms. The van der Waals surface area contributed by atoms with Crippen molar-refractivity contribution in [3.63, 3.8) is 0 Å². The van der Waals surface area contributed by atoms with E-state index in [1.807, 2.05) is 32.9 Å². The largest absolute Gasteiger partial charge is 0.465 e. The Morgan fingerprint density at radius 2 is 1.93 bits per heavy atom. The number of likely N-dealkylation sites (tertiary alicyclic amines) is 1. The van der Waals surface area contributed by atoms with Crippen molar-refractivity contribution in [3.05, 3.63) is 33.8 Å². The summed E-state index contributed by atoms with van der Waals surface area (Å²) in [5, 5.41) is 2.87. The van der Waals surface area contributed by atoms with E-state index >= 15 is 0 Å². The number of carbonyl (C=O) groups is 2. The monoisotopic (exact) mass is 440 g/mol. The van der Waals surface area contributed by atoms with Gasteiger partial charge in [0.05, 0.1) is 12.7 Å². The molecular formula is C20H29BrN2O4. The zero-order valence-corrected chi connectivity index (χ0v) is 18.1. The van der Waals surface area contributed by atoms with Gasteiger partial charge in [-0.1, -0.05) is 22.0 Å². The van der Waals surface area contributed by atoms with Crippen LogP contribution in [0.5, 0.6) is 0 Å². The predicted molar refractivity (Wildman–Crippen MR) is 108 cm³/mol. The first kappa shape index (κ1) is 21.7. The number of hydrogen-bond donors (Lipinski definition) is 1. The number of amides is 1. The minimum absolute atomic E-state index is 0.317. The number of nitrogens with zero attached hydrogens (tertiary/aromatic N) is 1. The van der Waals surface area contributed by atoms with E-state index < -0.39 is 5.60 Å². The van der Waals surface area contributed by atoms with Gasteiger partial charge in [0.2, 0.25) is 0 Å². The fourth-order valence-corrected chi connectivity index (χ4v) is 3.63. The molecule has 0 atom stereocenters. The van der Waals surface area contributed by atoms with Crippen LogP contribution >= 0.6 is 15.9 Å². The third-order valence-electron chi connectivity index (χ3n) is 4.55. The molecule has 2 rings (SSSR count). The van der Waals surface area contributed by atoms with Gasteiger partial charge in [0, 0.05) is 17.6 Å². The Morgan fingerprint density at radius 3 is 2.52 bits per heavy atom. The molecule has 27 heavy (non-hydrogen) atoms. The van der Waals surface area contributed by atoms with Crippen molar-refractivity contribution in [2.45, 2.75) is 45.8 Å². The first-order chi connectivity index (χ1) is 12.7. The number of halogens is 1. The lowest BCUT2D eigenvalue weighted by atomic mass is 9.96. The Hall–Kier alpha value is -1.60. The fourth-order valence-electron chi connectivity index (χ4n) is 3.13. The van der Waals surface area contributed by atoms with Gasteiger partial charge >= 0.3 is 12.1 Å². The van der Waals surface area contributed by atoms with E-state index in [-0.39, 0.29) is 12.1 Å². The molecule has 1 saturated heterocycles. The SMILES string of the molecule is COC(=O)c1cccc(Br)c1CN1CCC(CNC(=O)OC(C)(C)C)CC1. The number of esters is 1. The minimum atomic E-state index is -0.478. The highest BCUT2D eigenvalue weighted by Gasteiger charge is 2.23. The number of hydrogen-bond acceptors (Lipinski definition) is 5. The molecule has 150 valence electrons. The maximum Gasteiger partial charge on any atom is 0.407 e. The molecule has 0 saturated carbocycles. The quantitative estimate of drug-likeness (QED) is 0.701. The van der Waals surface area contributed by atoms with Crippen molar-refractivity contribution in [2.75, 3.05) is 26.7 Å². The number of methoxy groups -OCH3 is 1. The van der Waals surface area contributed by atoms with E-state index in [1.165, 1.54) is 7.11 Å². The van der Waals surface area contributed by atoms with Crippen LogP contribution in [0.2, 0.25) is 0 Å². The molecule has 1 aromatic rings. The highest BCUT2D eigenvalue weighted by molar-refractivity contribution is 9.10. The van der Waals surface area contributed by atoms with E-state index in [2.05, 4.69) is 26.1 Å². The second kappa shape index (κ2) is 9.55. The highest BCUT2D eigenvalue weighted by atomic mass is 79.9. The molecule has 6 nitrogen and oxygen atoms in total. The Bertz CT molecular complexity index is 664. The highest BCUT2D eigenvalue weighted by Crippen LogP contribution is 2.26. The Balaban J connectivity index is 1.85. The summed E-state index contributed by atoms with van der Waals surface area (Å²) in [6, 6.07) is 5.58. The maximum absolute atomic E-state index is 12.0. The number of rotatable bonds is 5. The van der Waals surface area contributed by atoms with Gasteiger partial charge in [0.25, 0.3) is 0 Å². The molecule has 1 aliphatic heterocycles. The molecule has 1 heterocycles. The second-order valence-electron chi connectivity index (χ2n) is 7.86. The molecular weight excluding hydrogens is 412 g/mol. The van der Waals surface area contributed by atoms with Gasteiger partial charge in [-0.25, -0.2) is 9.59 Å². The van der Waals surface area contributed by atoms with Crippen molar-refractivity contribution >= 4 is 28.0 Å². The van der Waals surface area contributed by atoms with Gasteiger partial charge < -0.3 is 14.8 Å². The third-order valence-corrected chi connectivity index (χ3v) is 5.29. The van der Waals surface area contributed by atoms with Crippen LogP contribution in [0.15, 0.2) is 22.7 Å². The number of carbonyl (C=O) groups excluding carboxylic acids is 2. The summed E-state index contributed by atoms with van der Waals surface area (Å²) in [7, 11) is 1.40. The van der Waals surface area contributed by atoms with Gasteiger partial charge in [-0.05, 0) is 70.3 Å². The first-order valence-electron chi connectivity index (χ1n) is 9.24. The maximum atomic E-state index is 12.0. The molecule has 1 aliphatic rings. The molecule has 1 N–H and O–H groups in total. The van der Waals surface area contributed by atoms with Crippen molar-refractivity contribution in [2.24, 2.45) is 5.92 Å². The van der Waals surface area contributed by atoms with E-state index in [0.717, 1.165) is 36.0 Å². The lowest BCUT2D eigenvalue weighted by Gasteiger charge is -2.32. The van der Waals surface area contributed by atoms with E-state index in [9.17, 15) is 9.59 Å². The Labute approximate surface area is 169 Å². The number of nitrogens with one attached hydrogen (secondary N) is 1. The summed E-state index contributed by atoms with van der Waals surface area (Å²) >= 11 is 3.55. The molecule has 7 heteroatoms. The summed E-state index contributed by atoms with van der Waals surface area (Å²) in [4.78, 5) is 26.1. The van der Waals surface area contributed by atoms with Crippen molar-refractivity contribution < 1.29 is 19.1 Å². The second-order valence-corrected chi connectivity index (χ2v) is 8.71. The molecule has 0 unspecified atom stereocenters. The predicted octanol–water partition coefficient (Wildman–Crippen LogP) is 3.97. The van der Waals surface area contributed by atoms with Gasteiger partial charge in [-0.2, -0.15) is 0 Å².